The molecule has 64 valence electrons. The van der Waals surface area contributed by atoms with Crippen LogP contribution in [0.5, 0.6) is 0 Å². The summed E-state index contributed by atoms with van der Waals surface area (Å²) in [5.74, 6) is -1.31. The van der Waals surface area contributed by atoms with Crippen molar-refractivity contribution in [1.29, 1.82) is 0 Å². The number of halogens is 5. The van der Waals surface area contributed by atoms with E-state index < -0.39 is 11.6 Å². The Labute approximate surface area is 111 Å². The minimum atomic E-state index is -0.653. The van der Waals surface area contributed by atoms with Crippen LogP contribution in [0.3, 0.4) is 0 Å². The second-order valence-corrected chi connectivity index (χ2v) is 2.02. The largest absolute Gasteiger partial charge is 2.00 e. The summed E-state index contributed by atoms with van der Waals surface area (Å²) >= 11 is 5.27. The van der Waals surface area contributed by atoms with Gasteiger partial charge in [-0.15, -0.1) is 0 Å². The van der Waals surface area contributed by atoms with E-state index in [0.717, 1.165) is 18.2 Å². The van der Waals surface area contributed by atoms with Gasteiger partial charge < -0.3 is 34.0 Å². The zero-order chi connectivity index (χ0) is 6.85. The smallest absolute Gasteiger partial charge is 1.00 e. The Morgan fingerprint density at radius 1 is 0.917 bits per heavy atom. The number of benzene rings is 1. The second-order valence-electron chi connectivity index (χ2n) is 1.59. The standard InChI is InChI=1S/C6H3ClF2.2BrH.Mg/c7-4-1-5(8)3-6(9)2-4;;;/h1-3H;2*1H;/q;;;+2/p-2. The molecule has 0 saturated heterocycles. The van der Waals surface area contributed by atoms with Gasteiger partial charge in [-0.2, -0.15) is 0 Å². The van der Waals surface area contributed by atoms with E-state index in [4.69, 9.17) is 11.6 Å². The first-order valence-electron chi connectivity index (χ1n) is 2.30. The Kier molecular flexibility index (Phi) is 13.6. The van der Waals surface area contributed by atoms with Crippen LogP contribution in [0.1, 0.15) is 0 Å². The molecule has 1 aromatic rings. The molecule has 1 aromatic carbocycles. The third-order valence-corrected chi connectivity index (χ3v) is 1.05. The Balaban J connectivity index is -0.000000270. The normalized spacial score (nSPS) is 7.25. The first kappa shape index (κ1) is 18.8. The van der Waals surface area contributed by atoms with Crippen molar-refractivity contribution in [1.82, 2.24) is 0 Å². The molecule has 0 bridgehead atoms. The summed E-state index contributed by atoms with van der Waals surface area (Å²) in [7, 11) is 0. The van der Waals surface area contributed by atoms with Gasteiger partial charge in [0.2, 0.25) is 0 Å². The molecule has 0 nitrogen and oxygen atoms in total. The van der Waals surface area contributed by atoms with Gasteiger partial charge in [0.05, 0.1) is 0 Å². The zero-order valence-electron chi connectivity index (χ0n) is 5.83. The van der Waals surface area contributed by atoms with Crippen LogP contribution in [0, 0.1) is 11.6 Å². The first-order chi connectivity index (χ1) is 4.18. The van der Waals surface area contributed by atoms with Gasteiger partial charge in [-0.05, 0) is 12.1 Å². The Bertz CT molecular complexity index is 184. The molecule has 0 aromatic heterocycles. The average Bonchev–Trinajstić information content (AvgIpc) is 1.59. The molecule has 0 atom stereocenters. The number of rotatable bonds is 0. The summed E-state index contributed by atoms with van der Waals surface area (Å²) < 4.78 is 24.2. The Hall–Kier alpha value is 1.10. The number of hydrogen-bond donors (Lipinski definition) is 0. The van der Waals surface area contributed by atoms with Crippen molar-refractivity contribution in [3.8, 4) is 0 Å². The van der Waals surface area contributed by atoms with E-state index in [2.05, 4.69) is 0 Å². The first-order valence-corrected chi connectivity index (χ1v) is 2.68. The van der Waals surface area contributed by atoms with Crippen molar-refractivity contribution in [2.45, 2.75) is 0 Å². The van der Waals surface area contributed by atoms with Crippen molar-refractivity contribution in [2.24, 2.45) is 0 Å². The molecule has 0 aliphatic carbocycles. The van der Waals surface area contributed by atoms with Crippen molar-refractivity contribution in [3.63, 3.8) is 0 Å². The zero-order valence-corrected chi connectivity index (χ0v) is 11.2. The Morgan fingerprint density at radius 2 is 1.25 bits per heavy atom. The SMILES string of the molecule is Fc1cc(F)cc(Cl)c1.[Br-].[Br-].[Mg+2]. The quantitative estimate of drug-likeness (QED) is 0.428. The molecule has 0 fully saturated rings. The van der Waals surface area contributed by atoms with E-state index in [1.165, 1.54) is 0 Å². The molecule has 6 heteroatoms. The molecule has 0 saturated carbocycles. The predicted molar refractivity (Wildman–Crippen MR) is 37.1 cm³/mol. The van der Waals surface area contributed by atoms with Crippen molar-refractivity contribution in [2.75, 3.05) is 0 Å². The van der Waals surface area contributed by atoms with E-state index in [-0.39, 0.29) is 62.0 Å². The van der Waals surface area contributed by atoms with Gasteiger partial charge in [-0.25, -0.2) is 8.78 Å². The Morgan fingerprint density at radius 3 is 1.50 bits per heavy atom. The van der Waals surface area contributed by atoms with E-state index in [1.54, 1.807) is 0 Å². The fourth-order valence-electron chi connectivity index (χ4n) is 0.520. The predicted octanol–water partition coefficient (Wildman–Crippen LogP) is -3.75. The molecule has 0 heterocycles. The maximum atomic E-state index is 12.1. The van der Waals surface area contributed by atoms with Gasteiger partial charge in [0, 0.05) is 11.1 Å². The molecule has 0 N–H and O–H groups in total. The van der Waals surface area contributed by atoms with Crippen LogP contribution in [0.4, 0.5) is 8.78 Å². The molecule has 0 unspecified atom stereocenters. The van der Waals surface area contributed by atoms with Gasteiger partial charge in [0.1, 0.15) is 11.6 Å². The summed E-state index contributed by atoms with van der Waals surface area (Å²) in [6, 6.07) is 2.86. The van der Waals surface area contributed by atoms with E-state index in [9.17, 15) is 8.78 Å². The average molecular weight is 333 g/mol. The maximum Gasteiger partial charge on any atom is 2.00 e. The van der Waals surface area contributed by atoms with E-state index in [0.29, 0.717) is 0 Å². The summed E-state index contributed by atoms with van der Waals surface area (Å²) in [5.41, 5.74) is 0. The van der Waals surface area contributed by atoms with E-state index in [1.807, 2.05) is 0 Å². The monoisotopic (exact) mass is 330 g/mol. The minimum Gasteiger partial charge on any atom is -1.00 e. The van der Waals surface area contributed by atoms with Crippen molar-refractivity contribution >= 4 is 34.7 Å². The van der Waals surface area contributed by atoms with Crippen molar-refractivity contribution in [3.05, 3.63) is 34.9 Å². The summed E-state index contributed by atoms with van der Waals surface area (Å²) in [6.07, 6.45) is 0. The van der Waals surface area contributed by atoms with Crippen LogP contribution in [0.25, 0.3) is 0 Å². The van der Waals surface area contributed by atoms with Gasteiger partial charge in [-0.3, -0.25) is 0 Å². The molecule has 0 aliphatic rings. The third-order valence-electron chi connectivity index (χ3n) is 0.827. The molecule has 12 heavy (non-hydrogen) atoms. The summed E-state index contributed by atoms with van der Waals surface area (Å²) in [4.78, 5) is 0. The molecule has 1 rings (SSSR count). The fourth-order valence-corrected chi connectivity index (χ4v) is 0.729. The van der Waals surface area contributed by atoms with Gasteiger partial charge in [-0.1, -0.05) is 11.6 Å². The summed E-state index contributed by atoms with van der Waals surface area (Å²) in [5, 5.41) is 0.0764. The van der Waals surface area contributed by atoms with Gasteiger partial charge in [0.15, 0.2) is 0 Å². The fraction of sp³-hybridized carbons (Fsp3) is 0. The molecule has 0 spiro atoms. The van der Waals surface area contributed by atoms with Crippen LogP contribution >= 0.6 is 11.6 Å². The van der Waals surface area contributed by atoms with Crippen LogP contribution < -0.4 is 34.0 Å². The van der Waals surface area contributed by atoms with Crippen LogP contribution in [-0.2, 0) is 0 Å². The minimum absolute atomic E-state index is 0. The molecule has 0 aliphatic heterocycles. The maximum absolute atomic E-state index is 12.1. The number of hydrogen-bond acceptors (Lipinski definition) is 0. The third kappa shape index (κ3) is 6.59. The van der Waals surface area contributed by atoms with Crippen LogP contribution in [0.2, 0.25) is 5.02 Å². The van der Waals surface area contributed by atoms with Gasteiger partial charge in [0.25, 0.3) is 0 Å². The van der Waals surface area contributed by atoms with Crippen LogP contribution in [0.15, 0.2) is 18.2 Å². The molecular weight excluding hydrogens is 330 g/mol. The topological polar surface area (TPSA) is 0 Å². The van der Waals surface area contributed by atoms with E-state index >= 15 is 0 Å². The van der Waals surface area contributed by atoms with Crippen LogP contribution in [-0.4, -0.2) is 23.1 Å². The molecular formula is C6H3Br2ClF2Mg. The molecule has 0 radical (unpaired) electrons. The molecule has 0 amide bonds. The summed E-state index contributed by atoms with van der Waals surface area (Å²) in [6.45, 7) is 0. The van der Waals surface area contributed by atoms with Gasteiger partial charge >= 0.3 is 23.1 Å². The van der Waals surface area contributed by atoms with Crippen molar-refractivity contribution < 1.29 is 42.7 Å². The second kappa shape index (κ2) is 8.68.